The van der Waals surface area contributed by atoms with Gasteiger partial charge in [-0.2, -0.15) is 0 Å². The fraction of sp³-hybridized carbons (Fsp3) is 0.417. The summed E-state index contributed by atoms with van der Waals surface area (Å²) in [5.41, 5.74) is 9.08. The monoisotopic (exact) mass is 452 g/mol. The first-order valence-corrected chi connectivity index (χ1v) is 11.8. The number of anilines is 2. The Hall–Kier alpha value is -2.84. The van der Waals surface area contributed by atoms with Crippen LogP contribution in [0.1, 0.15) is 40.7 Å². The molecule has 0 radical (unpaired) electrons. The Morgan fingerprint density at radius 1 is 1.38 bits per heavy atom. The van der Waals surface area contributed by atoms with Gasteiger partial charge in [-0.3, -0.25) is 4.79 Å². The van der Waals surface area contributed by atoms with Gasteiger partial charge in [0.2, 0.25) is 0 Å². The quantitative estimate of drug-likeness (QED) is 0.564. The van der Waals surface area contributed by atoms with Crippen molar-refractivity contribution in [3.8, 4) is 5.75 Å². The number of β-amino-alcohol motifs (C(OH)–C–C–N with tert-alkyl or cyclic N) is 1. The minimum Gasteiger partial charge on any atom is -0.491 e. The third kappa shape index (κ3) is 4.00. The number of thiophene rings is 1. The van der Waals surface area contributed by atoms with Crippen molar-refractivity contribution in [2.24, 2.45) is 0 Å². The molecule has 32 heavy (non-hydrogen) atoms. The fourth-order valence-corrected chi connectivity index (χ4v) is 5.64. The Morgan fingerprint density at radius 2 is 2.22 bits per heavy atom. The summed E-state index contributed by atoms with van der Waals surface area (Å²) in [6.07, 6.45) is 2.49. The number of hydrogen-bond donors (Lipinski definition) is 3. The smallest absolute Gasteiger partial charge is 0.263 e. The maximum atomic E-state index is 12.9. The van der Waals surface area contributed by atoms with Crippen LogP contribution >= 0.6 is 11.3 Å². The van der Waals surface area contributed by atoms with Gasteiger partial charge in [-0.15, -0.1) is 11.3 Å². The summed E-state index contributed by atoms with van der Waals surface area (Å²) in [6.45, 7) is 5.77. The van der Waals surface area contributed by atoms with Crippen LogP contribution in [0.15, 0.2) is 30.3 Å². The number of carbonyl (C=O) groups excluding carboxylic acids is 1. The predicted molar refractivity (Wildman–Crippen MR) is 128 cm³/mol. The number of ether oxygens (including phenoxy) is 1. The van der Waals surface area contributed by atoms with E-state index in [0.29, 0.717) is 30.1 Å². The third-order valence-electron chi connectivity index (χ3n) is 6.27. The zero-order valence-electron chi connectivity index (χ0n) is 18.4. The molecule has 0 saturated carbocycles. The molecule has 2 aromatic heterocycles. The number of piperidine rings is 1. The molecule has 1 fully saturated rings. The van der Waals surface area contributed by atoms with Gasteiger partial charge in [-0.1, -0.05) is 6.07 Å². The number of nitrogens with zero attached hydrogens (tertiary/aromatic N) is 2. The number of hydrogen-bond acceptors (Lipinski definition) is 7. The highest BCUT2D eigenvalue weighted by atomic mass is 32.1. The van der Waals surface area contributed by atoms with Crippen LogP contribution in [-0.4, -0.2) is 47.3 Å². The molecule has 1 aromatic carbocycles. The number of aromatic nitrogens is 1. The van der Waals surface area contributed by atoms with Crippen LogP contribution in [0.5, 0.6) is 5.75 Å². The summed E-state index contributed by atoms with van der Waals surface area (Å²) in [7, 11) is 0. The average Bonchev–Trinajstić information content (AvgIpc) is 3.08. The van der Waals surface area contributed by atoms with Crippen LogP contribution in [0.25, 0.3) is 10.2 Å². The van der Waals surface area contributed by atoms with E-state index in [1.54, 1.807) is 0 Å². The van der Waals surface area contributed by atoms with Crippen LogP contribution in [-0.2, 0) is 6.42 Å². The number of nitrogen functional groups attached to an aromatic ring is 1. The number of nitrogens with two attached hydrogens (primary N) is 1. The molecule has 0 unspecified atom stereocenters. The molecular weight excluding hydrogens is 424 g/mol. The molecule has 7 nitrogen and oxygen atoms in total. The Kier molecular flexibility index (Phi) is 5.22. The highest BCUT2D eigenvalue weighted by Gasteiger charge is 2.30. The van der Waals surface area contributed by atoms with Crippen molar-refractivity contribution in [3.63, 3.8) is 0 Å². The Morgan fingerprint density at radius 3 is 3.03 bits per heavy atom. The van der Waals surface area contributed by atoms with Crippen LogP contribution in [0.2, 0.25) is 0 Å². The second-order valence-corrected chi connectivity index (χ2v) is 10.1. The molecule has 5 rings (SSSR count). The molecule has 2 aliphatic rings. The van der Waals surface area contributed by atoms with E-state index in [-0.39, 0.29) is 11.9 Å². The standard InChI is InChI=1S/C24H28N4O3S/c1-14-4-7-18-20(25)21(32-23(18)26-14)22(29)27-16-10-15-5-6-17(11-19(15)31-12-16)28-9-3-8-24(2,30)13-28/h4-7,11,16,30H,3,8-10,12-13,25H2,1-2H3,(H,27,29)/t16-,24-/m1/s1. The number of rotatable bonds is 3. The normalized spacial score (nSPS) is 23.0. The zero-order chi connectivity index (χ0) is 22.5. The van der Waals surface area contributed by atoms with Crippen LogP contribution in [0.3, 0.4) is 0 Å². The van der Waals surface area contributed by atoms with Crippen LogP contribution in [0, 0.1) is 6.92 Å². The van der Waals surface area contributed by atoms with Crippen LogP contribution < -0.4 is 20.7 Å². The van der Waals surface area contributed by atoms with Crippen molar-refractivity contribution in [3.05, 3.63) is 46.5 Å². The molecule has 1 amide bonds. The molecule has 4 N–H and O–H groups in total. The number of benzene rings is 1. The number of aryl methyl sites for hydroxylation is 1. The highest BCUT2D eigenvalue weighted by molar-refractivity contribution is 7.21. The molecular formula is C24H28N4O3S. The van der Waals surface area contributed by atoms with Gasteiger partial charge in [0.15, 0.2) is 0 Å². The minimum atomic E-state index is -0.660. The van der Waals surface area contributed by atoms with Crippen molar-refractivity contribution < 1.29 is 14.6 Å². The molecule has 0 aliphatic carbocycles. The summed E-state index contributed by atoms with van der Waals surface area (Å²) in [5, 5.41) is 14.3. The average molecular weight is 453 g/mol. The first kappa shape index (κ1) is 21.0. The number of aliphatic hydroxyl groups is 1. The Balaban J connectivity index is 1.29. The third-order valence-corrected chi connectivity index (χ3v) is 7.39. The predicted octanol–water partition coefficient (Wildman–Crippen LogP) is 3.27. The second kappa shape index (κ2) is 7.94. The molecule has 1 saturated heterocycles. The topological polar surface area (TPSA) is 101 Å². The number of fused-ring (bicyclic) bond motifs is 2. The van der Waals surface area contributed by atoms with E-state index in [9.17, 15) is 9.90 Å². The van der Waals surface area contributed by atoms with Crippen molar-refractivity contribution in [1.29, 1.82) is 0 Å². The molecule has 8 heteroatoms. The van der Waals surface area contributed by atoms with Gasteiger partial charge in [0.05, 0.1) is 17.3 Å². The maximum Gasteiger partial charge on any atom is 0.263 e. The summed E-state index contributed by atoms with van der Waals surface area (Å²) in [4.78, 5) is 20.9. The van der Waals surface area contributed by atoms with Gasteiger partial charge in [-0.25, -0.2) is 4.98 Å². The summed E-state index contributed by atoms with van der Waals surface area (Å²) < 4.78 is 6.02. The van der Waals surface area contributed by atoms with Gasteiger partial charge < -0.3 is 25.8 Å². The SMILES string of the molecule is Cc1ccc2c(N)c(C(=O)N[C@H]3COc4cc(N5CCC[C@@](C)(O)C5)ccc4C3)sc2n1. The largest absolute Gasteiger partial charge is 0.491 e. The Labute approximate surface area is 191 Å². The van der Waals surface area contributed by atoms with E-state index < -0.39 is 5.60 Å². The number of amides is 1. The van der Waals surface area contributed by atoms with Crippen LogP contribution in [0.4, 0.5) is 11.4 Å². The molecule has 3 aromatic rings. The van der Waals surface area contributed by atoms with E-state index in [1.807, 2.05) is 32.0 Å². The van der Waals surface area contributed by atoms with Gasteiger partial charge >= 0.3 is 0 Å². The minimum absolute atomic E-state index is 0.129. The van der Waals surface area contributed by atoms with E-state index in [0.717, 1.165) is 52.3 Å². The summed E-state index contributed by atoms with van der Waals surface area (Å²) in [5.74, 6) is 0.659. The molecule has 0 spiro atoms. The van der Waals surface area contributed by atoms with E-state index in [1.165, 1.54) is 11.3 Å². The lowest BCUT2D eigenvalue weighted by Gasteiger charge is -2.38. The number of nitrogens with one attached hydrogen (secondary N) is 1. The number of carbonyl (C=O) groups is 1. The second-order valence-electron chi connectivity index (χ2n) is 9.15. The lowest BCUT2D eigenvalue weighted by Crippen LogP contribution is -2.46. The first-order chi connectivity index (χ1) is 15.3. The van der Waals surface area contributed by atoms with Crippen molar-refractivity contribution in [2.45, 2.75) is 44.8 Å². The van der Waals surface area contributed by atoms with Crippen molar-refractivity contribution in [1.82, 2.24) is 10.3 Å². The Bertz CT molecular complexity index is 1190. The lowest BCUT2D eigenvalue weighted by atomic mass is 9.94. The van der Waals surface area contributed by atoms with Gasteiger partial charge in [0, 0.05) is 35.9 Å². The van der Waals surface area contributed by atoms with Gasteiger partial charge in [0.1, 0.15) is 22.1 Å². The fourth-order valence-electron chi connectivity index (χ4n) is 4.60. The molecule has 168 valence electrons. The zero-order valence-corrected chi connectivity index (χ0v) is 19.2. The molecule has 4 heterocycles. The lowest BCUT2D eigenvalue weighted by molar-refractivity contribution is 0.0449. The van der Waals surface area contributed by atoms with Crippen molar-refractivity contribution in [2.75, 3.05) is 30.3 Å². The highest BCUT2D eigenvalue weighted by Crippen LogP contribution is 2.34. The van der Waals surface area contributed by atoms with Gasteiger partial charge in [0.25, 0.3) is 5.91 Å². The molecule has 0 bridgehead atoms. The first-order valence-electron chi connectivity index (χ1n) is 11.0. The molecule has 2 aliphatic heterocycles. The van der Waals surface area contributed by atoms with E-state index in [2.05, 4.69) is 27.3 Å². The van der Waals surface area contributed by atoms with E-state index in [4.69, 9.17) is 10.5 Å². The van der Waals surface area contributed by atoms with Gasteiger partial charge in [-0.05, 0) is 56.9 Å². The molecule has 2 atom stereocenters. The summed E-state index contributed by atoms with van der Waals surface area (Å²) >= 11 is 1.32. The summed E-state index contributed by atoms with van der Waals surface area (Å²) in [6, 6.07) is 9.87. The van der Waals surface area contributed by atoms with Crippen molar-refractivity contribution >= 4 is 38.8 Å². The van der Waals surface area contributed by atoms with E-state index >= 15 is 0 Å². The maximum absolute atomic E-state index is 12.9. The number of pyridine rings is 1.